The van der Waals surface area contributed by atoms with Crippen molar-refractivity contribution in [3.05, 3.63) is 60.8 Å². The molecule has 0 heterocycles. The lowest BCUT2D eigenvalue weighted by Gasteiger charge is -2.25. The van der Waals surface area contributed by atoms with Crippen molar-refractivity contribution in [2.24, 2.45) is 0 Å². The fourth-order valence-corrected chi connectivity index (χ4v) is 7.75. The molecule has 2 atom stereocenters. The van der Waals surface area contributed by atoms with Crippen molar-refractivity contribution >= 4 is 17.9 Å². The molecule has 9 nitrogen and oxygen atoms in total. The molecular weight excluding hydrogens is 851 g/mol. The van der Waals surface area contributed by atoms with Gasteiger partial charge in [0.25, 0.3) is 6.29 Å². The number of carbonyl (C=O) groups excluding carboxylic acids is 2. The van der Waals surface area contributed by atoms with Crippen molar-refractivity contribution in [3.63, 3.8) is 0 Å². The molecule has 394 valence electrons. The number of aliphatic carboxylic acids is 1. The standard InChI is InChI=1S/C59H105NO8/c1-6-8-10-12-14-16-18-20-22-24-25-26-27-28-29-30-31-32-33-34-36-38-40-42-44-46-48-50-57(62)68-55(54-67-59(58(63)64)65-52-51-60(3,4)5)53-66-56(61)49-47-45-43-41-39-37-35-23-21-19-17-15-13-11-9-7-2/h8,10,14,16,20,22,25-26,28-29,55,59H,6-7,9,11-13,15,17-19,21,23-24,27,30-54H2,1-5H3/p+1/b10-8-,16-14-,22-20-,26-25-,29-28-. The molecule has 0 aromatic heterocycles. The van der Waals surface area contributed by atoms with Gasteiger partial charge in [-0.3, -0.25) is 9.59 Å². The summed E-state index contributed by atoms with van der Waals surface area (Å²) < 4.78 is 22.9. The normalized spacial score (nSPS) is 13.2. The molecule has 0 radical (unpaired) electrons. The van der Waals surface area contributed by atoms with E-state index in [1.165, 1.54) is 135 Å². The molecule has 0 aromatic rings. The number of quaternary nitrogens is 1. The molecule has 9 heteroatoms. The molecule has 0 aromatic carbocycles. The predicted octanol–water partition coefficient (Wildman–Crippen LogP) is 16.1. The maximum Gasteiger partial charge on any atom is 0.361 e. The number of esters is 2. The number of rotatable bonds is 51. The summed E-state index contributed by atoms with van der Waals surface area (Å²) >= 11 is 0. The maximum absolute atomic E-state index is 12.9. The number of ether oxygens (including phenoxy) is 4. The van der Waals surface area contributed by atoms with Gasteiger partial charge >= 0.3 is 17.9 Å². The molecule has 0 spiro atoms. The minimum absolute atomic E-state index is 0.182. The smallest absolute Gasteiger partial charge is 0.361 e. The summed E-state index contributed by atoms with van der Waals surface area (Å²) in [6.45, 7) is 4.78. The van der Waals surface area contributed by atoms with Gasteiger partial charge in [-0.15, -0.1) is 0 Å². The van der Waals surface area contributed by atoms with Crippen LogP contribution >= 0.6 is 0 Å². The quantitative estimate of drug-likeness (QED) is 0.0211. The van der Waals surface area contributed by atoms with Crippen molar-refractivity contribution in [1.82, 2.24) is 0 Å². The Morgan fingerprint density at radius 1 is 0.456 bits per heavy atom. The fourth-order valence-electron chi connectivity index (χ4n) is 7.75. The molecule has 68 heavy (non-hydrogen) atoms. The number of likely N-dealkylation sites (N-methyl/N-ethyl adjacent to an activating group) is 1. The number of hydrogen-bond donors (Lipinski definition) is 1. The first kappa shape index (κ1) is 65.0. The van der Waals surface area contributed by atoms with Crippen LogP contribution in [0.3, 0.4) is 0 Å². The van der Waals surface area contributed by atoms with Gasteiger partial charge in [-0.05, 0) is 57.8 Å². The topological polar surface area (TPSA) is 108 Å². The van der Waals surface area contributed by atoms with Crippen molar-refractivity contribution in [2.45, 2.75) is 251 Å². The molecule has 0 fully saturated rings. The lowest BCUT2D eigenvalue weighted by Crippen LogP contribution is -2.40. The second-order valence-corrected chi connectivity index (χ2v) is 19.9. The molecule has 0 bridgehead atoms. The average molecular weight is 957 g/mol. The maximum atomic E-state index is 12.9. The summed E-state index contributed by atoms with van der Waals surface area (Å²) in [6, 6.07) is 0. The van der Waals surface area contributed by atoms with E-state index in [1.807, 2.05) is 21.1 Å². The number of nitrogens with zero attached hydrogens (tertiary/aromatic N) is 1. The van der Waals surface area contributed by atoms with Crippen LogP contribution in [0.25, 0.3) is 0 Å². The third-order valence-corrected chi connectivity index (χ3v) is 12.0. The second-order valence-electron chi connectivity index (χ2n) is 19.9. The summed E-state index contributed by atoms with van der Waals surface area (Å²) in [5.74, 6) is -2.00. The van der Waals surface area contributed by atoms with Crippen molar-refractivity contribution < 1.29 is 42.9 Å². The van der Waals surface area contributed by atoms with Crippen molar-refractivity contribution in [2.75, 3.05) is 47.5 Å². The molecular formula is C59H106NO8+. The lowest BCUT2D eigenvalue weighted by molar-refractivity contribution is -0.870. The van der Waals surface area contributed by atoms with Gasteiger partial charge in [-0.1, -0.05) is 229 Å². The highest BCUT2D eigenvalue weighted by Gasteiger charge is 2.25. The van der Waals surface area contributed by atoms with E-state index >= 15 is 0 Å². The number of allylic oxidation sites excluding steroid dienone is 10. The minimum Gasteiger partial charge on any atom is -0.477 e. The van der Waals surface area contributed by atoms with Gasteiger partial charge in [0, 0.05) is 12.8 Å². The highest BCUT2D eigenvalue weighted by atomic mass is 16.7. The summed E-state index contributed by atoms with van der Waals surface area (Å²) in [5.41, 5.74) is 0. The zero-order chi connectivity index (χ0) is 49.9. The Balaban J connectivity index is 4.24. The lowest BCUT2D eigenvalue weighted by atomic mass is 10.0. The molecule has 0 aliphatic carbocycles. The SMILES string of the molecule is CC/C=C\C/C=C\C/C=C\C/C=C\C/C=C\CCCCCCCCCCCCCC(=O)OC(COC(=O)CCCCCCCCCCCCCCCCCC)COC(OCC[N+](C)(C)C)C(=O)O. The number of carbonyl (C=O) groups is 3. The van der Waals surface area contributed by atoms with Crippen LogP contribution in [-0.4, -0.2) is 87.4 Å². The summed E-state index contributed by atoms with van der Waals surface area (Å²) in [6.07, 6.45) is 60.0. The zero-order valence-corrected chi connectivity index (χ0v) is 44.8. The highest BCUT2D eigenvalue weighted by molar-refractivity contribution is 5.71. The van der Waals surface area contributed by atoms with Crippen molar-refractivity contribution in [3.8, 4) is 0 Å². The van der Waals surface area contributed by atoms with E-state index in [1.54, 1.807) is 0 Å². The number of carboxylic acids is 1. The van der Waals surface area contributed by atoms with E-state index in [9.17, 15) is 19.5 Å². The molecule has 0 amide bonds. The monoisotopic (exact) mass is 957 g/mol. The Morgan fingerprint density at radius 3 is 1.25 bits per heavy atom. The molecule has 2 unspecified atom stereocenters. The van der Waals surface area contributed by atoms with Crippen molar-refractivity contribution in [1.29, 1.82) is 0 Å². The van der Waals surface area contributed by atoms with E-state index in [4.69, 9.17) is 18.9 Å². The van der Waals surface area contributed by atoms with Crippen LogP contribution in [-0.2, 0) is 33.3 Å². The third-order valence-electron chi connectivity index (χ3n) is 12.0. The Morgan fingerprint density at radius 2 is 0.838 bits per heavy atom. The molecule has 0 rings (SSSR count). The first-order chi connectivity index (χ1) is 33.1. The Bertz CT molecular complexity index is 1300. The van der Waals surface area contributed by atoms with Gasteiger partial charge in [0.05, 0.1) is 34.4 Å². The first-order valence-corrected chi connectivity index (χ1v) is 28.0. The second kappa shape index (κ2) is 50.4. The molecule has 1 N–H and O–H groups in total. The van der Waals surface area contributed by atoms with Gasteiger partial charge in [0.2, 0.25) is 0 Å². The summed E-state index contributed by atoms with van der Waals surface area (Å²) in [5, 5.41) is 9.69. The van der Waals surface area contributed by atoms with Crippen LogP contribution < -0.4 is 0 Å². The Labute approximate surface area is 418 Å². The molecule has 0 aliphatic heterocycles. The van der Waals surface area contributed by atoms with Gasteiger partial charge in [0.15, 0.2) is 6.10 Å². The highest BCUT2D eigenvalue weighted by Crippen LogP contribution is 2.16. The fraction of sp³-hybridized carbons (Fsp3) is 0.780. The summed E-state index contributed by atoms with van der Waals surface area (Å²) in [4.78, 5) is 37.4. The Kier molecular flexibility index (Phi) is 48.2. The number of hydrogen-bond acceptors (Lipinski definition) is 7. The van der Waals surface area contributed by atoms with Gasteiger partial charge in [0.1, 0.15) is 13.2 Å². The number of unbranched alkanes of at least 4 members (excludes halogenated alkanes) is 26. The van der Waals surface area contributed by atoms with E-state index in [0.29, 0.717) is 17.4 Å². The summed E-state index contributed by atoms with van der Waals surface area (Å²) in [7, 11) is 5.97. The van der Waals surface area contributed by atoms with Gasteiger partial charge < -0.3 is 28.5 Å². The van der Waals surface area contributed by atoms with E-state index in [0.717, 1.165) is 77.0 Å². The molecule has 0 saturated carbocycles. The first-order valence-electron chi connectivity index (χ1n) is 28.0. The average Bonchev–Trinajstić information content (AvgIpc) is 3.30. The largest absolute Gasteiger partial charge is 0.477 e. The van der Waals surface area contributed by atoms with E-state index in [2.05, 4.69) is 74.6 Å². The van der Waals surface area contributed by atoms with Gasteiger partial charge in [-0.25, -0.2) is 4.79 Å². The van der Waals surface area contributed by atoms with Gasteiger partial charge in [-0.2, -0.15) is 0 Å². The van der Waals surface area contributed by atoms with E-state index in [-0.39, 0.29) is 32.2 Å². The van der Waals surface area contributed by atoms with Crippen LogP contribution in [0.5, 0.6) is 0 Å². The third kappa shape index (κ3) is 50.9. The van der Waals surface area contributed by atoms with Crippen LogP contribution in [0.1, 0.15) is 239 Å². The Hall–Kier alpha value is -3.01. The molecule has 0 aliphatic rings. The zero-order valence-electron chi connectivity index (χ0n) is 44.8. The van der Waals surface area contributed by atoms with Crippen LogP contribution in [0.15, 0.2) is 60.8 Å². The van der Waals surface area contributed by atoms with Crippen LogP contribution in [0, 0.1) is 0 Å². The predicted molar refractivity (Wildman–Crippen MR) is 286 cm³/mol. The van der Waals surface area contributed by atoms with E-state index < -0.39 is 24.3 Å². The minimum atomic E-state index is -1.51. The van der Waals surface area contributed by atoms with Crippen LogP contribution in [0.4, 0.5) is 0 Å². The van der Waals surface area contributed by atoms with Crippen LogP contribution in [0.2, 0.25) is 0 Å². The number of carboxylic acid groups (broad SMARTS) is 1. The molecule has 0 saturated heterocycles.